The Morgan fingerprint density at radius 1 is 0.892 bits per heavy atom. The molecule has 5 atom stereocenters. The molecule has 0 spiro atoms. The Kier molecular flexibility index (Phi) is 7.34. The maximum absolute atomic E-state index is 13.3. The lowest BCUT2D eigenvalue weighted by molar-refractivity contribution is -0.277. The fourth-order valence-corrected chi connectivity index (χ4v) is 4.05. The molecule has 1 fully saturated rings. The summed E-state index contributed by atoms with van der Waals surface area (Å²) in [5.74, 6) is -1.59. The second-order valence-electron chi connectivity index (χ2n) is 8.13. The molecule has 6 N–H and O–H groups in total. The lowest BCUT2D eigenvalue weighted by Crippen LogP contribution is -2.60. The van der Waals surface area contributed by atoms with E-state index in [2.05, 4.69) is 0 Å². The molecule has 3 aromatic rings. The number of phenolic OH excluding ortho intramolecular Hbond substituents is 2. The van der Waals surface area contributed by atoms with Gasteiger partial charge in [-0.15, -0.1) is 0 Å². The van der Waals surface area contributed by atoms with Gasteiger partial charge in [0.15, 0.2) is 28.8 Å². The number of fused-ring (bicyclic) bond motifs is 1. The van der Waals surface area contributed by atoms with Gasteiger partial charge in [0.2, 0.25) is 23.2 Å². The molecule has 0 amide bonds. The number of methoxy groups -OCH3 is 3. The van der Waals surface area contributed by atoms with E-state index in [4.69, 9.17) is 28.1 Å². The molecule has 0 bridgehead atoms. The molecule has 0 aliphatic carbocycles. The maximum Gasteiger partial charge on any atom is 0.239 e. The van der Waals surface area contributed by atoms with E-state index < -0.39 is 48.5 Å². The fraction of sp³-hybridized carbons (Fsp3) is 0.375. The average molecular weight is 522 g/mol. The molecule has 1 saturated heterocycles. The van der Waals surface area contributed by atoms with Crippen molar-refractivity contribution in [3.63, 3.8) is 0 Å². The highest BCUT2D eigenvalue weighted by Crippen LogP contribution is 2.45. The molecule has 13 nitrogen and oxygen atoms in total. The summed E-state index contributed by atoms with van der Waals surface area (Å²) in [5.41, 5.74) is -0.621. The quantitative estimate of drug-likeness (QED) is 0.244. The lowest BCUT2D eigenvalue weighted by atomic mass is 9.99. The number of hydrogen-bond acceptors (Lipinski definition) is 13. The first kappa shape index (κ1) is 26.3. The van der Waals surface area contributed by atoms with Crippen LogP contribution in [0.25, 0.3) is 22.3 Å². The van der Waals surface area contributed by atoms with E-state index in [1.165, 1.54) is 45.6 Å². The largest absolute Gasteiger partial charge is 0.504 e. The zero-order valence-electron chi connectivity index (χ0n) is 19.9. The van der Waals surface area contributed by atoms with Crippen LogP contribution in [0.5, 0.6) is 34.5 Å². The molecule has 1 aliphatic rings. The molecule has 0 unspecified atom stereocenters. The van der Waals surface area contributed by atoms with Crippen molar-refractivity contribution in [1.29, 1.82) is 0 Å². The number of rotatable bonds is 7. The highest BCUT2D eigenvalue weighted by atomic mass is 16.7. The van der Waals surface area contributed by atoms with Crippen LogP contribution < -0.4 is 24.4 Å². The maximum atomic E-state index is 13.3. The highest BCUT2D eigenvalue weighted by Gasteiger charge is 2.45. The van der Waals surface area contributed by atoms with Gasteiger partial charge in [-0.3, -0.25) is 4.79 Å². The standard InChI is InChI=1S/C24H26O13/c1-32-11-6-9(4-5-10(11)26)21-23(34-3)18(29)15-12(35-21)7-13(22(33-2)17(15)28)36-24-20(31)19(30)16(27)14(8-25)37-24/h4-7,14,16,19-20,24-28,30-31H,8H2,1-3H3/t14-,16-,19+,20-,24-/m1/s1. The fourth-order valence-electron chi connectivity index (χ4n) is 4.05. The molecule has 2 aromatic carbocycles. The van der Waals surface area contributed by atoms with Crippen LogP contribution in [0.2, 0.25) is 0 Å². The third-order valence-electron chi connectivity index (χ3n) is 5.98. The molecule has 13 heteroatoms. The Labute approximate surface area is 209 Å². The molecular weight excluding hydrogens is 496 g/mol. The minimum atomic E-state index is -1.75. The van der Waals surface area contributed by atoms with Crippen LogP contribution in [-0.4, -0.2) is 89.3 Å². The second kappa shape index (κ2) is 10.3. The highest BCUT2D eigenvalue weighted by molar-refractivity contribution is 5.91. The van der Waals surface area contributed by atoms with Crippen molar-refractivity contribution in [2.45, 2.75) is 30.7 Å². The van der Waals surface area contributed by atoms with Crippen LogP contribution in [0, 0.1) is 0 Å². The molecule has 37 heavy (non-hydrogen) atoms. The number of ether oxygens (including phenoxy) is 5. The van der Waals surface area contributed by atoms with Crippen molar-refractivity contribution in [3.05, 3.63) is 34.5 Å². The minimum absolute atomic E-state index is 0.0540. The van der Waals surface area contributed by atoms with Gasteiger partial charge >= 0.3 is 0 Å². The molecular formula is C24H26O13. The first-order valence-corrected chi connectivity index (χ1v) is 11.0. The molecule has 1 aromatic heterocycles. The van der Waals surface area contributed by atoms with Crippen LogP contribution in [0.1, 0.15) is 0 Å². The van der Waals surface area contributed by atoms with E-state index in [1.807, 2.05) is 0 Å². The van der Waals surface area contributed by atoms with Gasteiger partial charge in [-0.25, -0.2) is 0 Å². The molecule has 4 rings (SSSR count). The van der Waals surface area contributed by atoms with Crippen molar-refractivity contribution in [3.8, 4) is 45.8 Å². The first-order chi connectivity index (χ1) is 17.7. The predicted molar refractivity (Wildman–Crippen MR) is 125 cm³/mol. The third kappa shape index (κ3) is 4.47. The second-order valence-corrected chi connectivity index (χ2v) is 8.13. The molecule has 0 radical (unpaired) electrons. The monoisotopic (exact) mass is 522 g/mol. The third-order valence-corrected chi connectivity index (χ3v) is 5.98. The topological polar surface area (TPSA) is 198 Å². The normalized spacial score (nSPS) is 23.6. The number of phenols is 2. The molecule has 1 aliphatic heterocycles. The summed E-state index contributed by atoms with van der Waals surface area (Å²) < 4.78 is 32.5. The predicted octanol–water partition coefficient (Wildman–Crippen LogP) is 0.0757. The smallest absolute Gasteiger partial charge is 0.239 e. The number of aliphatic hydroxyl groups excluding tert-OH is 4. The number of aliphatic hydroxyl groups is 4. The Morgan fingerprint density at radius 2 is 1.59 bits per heavy atom. The van der Waals surface area contributed by atoms with Crippen molar-refractivity contribution in [2.75, 3.05) is 27.9 Å². The van der Waals surface area contributed by atoms with Gasteiger partial charge in [0.05, 0.1) is 27.9 Å². The van der Waals surface area contributed by atoms with E-state index in [9.17, 15) is 35.4 Å². The lowest BCUT2D eigenvalue weighted by Gasteiger charge is -2.39. The molecule has 2 heterocycles. The zero-order chi connectivity index (χ0) is 27.0. The van der Waals surface area contributed by atoms with Gasteiger partial charge in [0.25, 0.3) is 0 Å². The van der Waals surface area contributed by atoms with Gasteiger partial charge in [-0.1, -0.05) is 0 Å². The van der Waals surface area contributed by atoms with Gasteiger partial charge in [0.1, 0.15) is 35.4 Å². The van der Waals surface area contributed by atoms with Crippen molar-refractivity contribution < 1.29 is 58.7 Å². The molecule has 0 saturated carbocycles. The van der Waals surface area contributed by atoms with Crippen molar-refractivity contribution in [2.24, 2.45) is 0 Å². The van der Waals surface area contributed by atoms with Crippen LogP contribution in [0.3, 0.4) is 0 Å². The SMILES string of the molecule is COc1cc(-c2oc3cc(O[C@@H]4O[C@H](CO)[C@@H](O)[C@H](O)[C@H]4O)c(OC)c(O)c3c(=O)c2OC)ccc1O. The average Bonchev–Trinajstić information content (AvgIpc) is 2.89. The van der Waals surface area contributed by atoms with E-state index in [-0.39, 0.29) is 45.5 Å². The van der Waals surface area contributed by atoms with Gasteiger partial charge in [0, 0.05) is 11.6 Å². The van der Waals surface area contributed by atoms with Crippen LogP contribution >= 0.6 is 0 Å². The van der Waals surface area contributed by atoms with Crippen molar-refractivity contribution >= 4 is 11.0 Å². The summed E-state index contributed by atoms with van der Waals surface area (Å²) in [6, 6.07) is 5.39. The summed E-state index contributed by atoms with van der Waals surface area (Å²) in [5, 5.41) is 60.3. The van der Waals surface area contributed by atoms with Crippen molar-refractivity contribution in [1.82, 2.24) is 0 Å². The van der Waals surface area contributed by atoms with Gasteiger partial charge in [-0.2, -0.15) is 0 Å². The first-order valence-electron chi connectivity index (χ1n) is 11.0. The zero-order valence-corrected chi connectivity index (χ0v) is 19.9. The summed E-state index contributed by atoms with van der Waals surface area (Å²) in [7, 11) is 3.78. The Morgan fingerprint density at radius 3 is 2.22 bits per heavy atom. The van der Waals surface area contributed by atoms with E-state index in [1.54, 1.807) is 0 Å². The molecule has 200 valence electrons. The summed E-state index contributed by atoms with van der Waals surface area (Å²) in [4.78, 5) is 13.3. The van der Waals surface area contributed by atoms with Crippen LogP contribution in [0.15, 0.2) is 33.5 Å². The summed E-state index contributed by atoms with van der Waals surface area (Å²) >= 11 is 0. The van der Waals surface area contributed by atoms with Crippen LogP contribution in [-0.2, 0) is 4.74 Å². The van der Waals surface area contributed by atoms with E-state index in [0.717, 1.165) is 0 Å². The number of aromatic hydroxyl groups is 2. The summed E-state index contributed by atoms with van der Waals surface area (Å²) in [6.45, 7) is -0.682. The Bertz CT molecular complexity index is 1350. The van der Waals surface area contributed by atoms with E-state index in [0.29, 0.717) is 5.56 Å². The van der Waals surface area contributed by atoms with Crippen LogP contribution in [0.4, 0.5) is 0 Å². The minimum Gasteiger partial charge on any atom is -0.504 e. The Hall–Kier alpha value is -3.75. The number of benzene rings is 2. The number of hydrogen-bond donors (Lipinski definition) is 6. The van der Waals surface area contributed by atoms with Gasteiger partial charge < -0.3 is 58.7 Å². The van der Waals surface area contributed by atoms with Gasteiger partial charge in [-0.05, 0) is 18.2 Å². The Balaban J connectivity index is 1.88. The summed E-state index contributed by atoms with van der Waals surface area (Å²) in [6.07, 6.45) is -7.92. The van der Waals surface area contributed by atoms with E-state index >= 15 is 0 Å².